The molecule has 0 amide bonds. The number of hydrogen-bond donors (Lipinski definition) is 2. The van der Waals surface area contributed by atoms with Gasteiger partial charge in [-0.25, -0.2) is 0 Å². The van der Waals surface area contributed by atoms with Gasteiger partial charge in [-0.05, 0) is 48.4 Å². The zero-order valence-electron chi connectivity index (χ0n) is 10.5. The maximum atomic E-state index is 9.60. The molecule has 100 valence electrons. The molecule has 1 atom stereocenters. The summed E-state index contributed by atoms with van der Waals surface area (Å²) in [6.07, 6.45) is 0. The summed E-state index contributed by atoms with van der Waals surface area (Å²) in [7, 11) is 0. The zero-order chi connectivity index (χ0) is 13.8. The molecule has 1 unspecified atom stereocenters. The summed E-state index contributed by atoms with van der Waals surface area (Å²) in [5, 5.41) is 13.6. The van der Waals surface area contributed by atoms with Gasteiger partial charge in [-0.3, -0.25) is 0 Å². The predicted octanol–water partition coefficient (Wildman–Crippen LogP) is 4.56. The first-order valence-electron chi connectivity index (χ1n) is 5.99. The van der Waals surface area contributed by atoms with E-state index in [-0.39, 0.29) is 12.6 Å². The topological polar surface area (TPSA) is 32.3 Å². The Labute approximate surface area is 126 Å². The Bertz CT molecular complexity index is 574. The fourth-order valence-electron chi connectivity index (χ4n) is 1.94. The van der Waals surface area contributed by atoms with Crippen molar-refractivity contribution in [2.24, 2.45) is 0 Å². The van der Waals surface area contributed by atoms with Gasteiger partial charge in [0.2, 0.25) is 0 Å². The minimum absolute atomic E-state index is 0.00706. The van der Waals surface area contributed by atoms with Crippen molar-refractivity contribution in [3.8, 4) is 0 Å². The molecule has 19 heavy (non-hydrogen) atoms. The molecular weight excluding hydrogens is 326 g/mol. The van der Waals surface area contributed by atoms with E-state index in [4.69, 9.17) is 11.6 Å². The van der Waals surface area contributed by atoms with Gasteiger partial charge in [-0.2, -0.15) is 0 Å². The highest BCUT2D eigenvalue weighted by Gasteiger charge is 2.14. The molecule has 0 saturated heterocycles. The normalized spacial score (nSPS) is 12.2. The van der Waals surface area contributed by atoms with Crippen LogP contribution in [0.15, 0.2) is 46.9 Å². The van der Waals surface area contributed by atoms with Crippen LogP contribution in [0.3, 0.4) is 0 Å². The van der Waals surface area contributed by atoms with Gasteiger partial charge >= 0.3 is 0 Å². The monoisotopic (exact) mass is 339 g/mol. The van der Waals surface area contributed by atoms with Crippen LogP contribution in [-0.2, 0) is 0 Å². The smallest absolute Gasteiger partial charge is 0.0756 e. The Morgan fingerprint density at radius 1 is 1.26 bits per heavy atom. The number of aliphatic hydroxyl groups is 1. The molecule has 0 aliphatic heterocycles. The number of nitrogens with one attached hydrogen (secondary N) is 1. The highest BCUT2D eigenvalue weighted by Crippen LogP contribution is 2.29. The summed E-state index contributed by atoms with van der Waals surface area (Å²) < 4.78 is 0.927. The molecule has 2 aromatic rings. The lowest BCUT2D eigenvalue weighted by Gasteiger charge is -2.20. The van der Waals surface area contributed by atoms with E-state index in [1.165, 1.54) is 5.56 Å². The van der Waals surface area contributed by atoms with Crippen molar-refractivity contribution < 1.29 is 5.11 Å². The van der Waals surface area contributed by atoms with Gasteiger partial charge in [0.05, 0.1) is 12.6 Å². The van der Waals surface area contributed by atoms with E-state index in [2.05, 4.69) is 21.2 Å². The molecule has 0 fully saturated rings. The van der Waals surface area contributed by atoms with Gasteiger partial charge in [0.15, 0.2) is 0 Å². The molecule has 0 heterocycles. The fourth-order valence-corrected chi connectivity index (χ4v) is 2.64. The van der Waals surface area contributed by atoms with Crippen LogP contribution in [-0.4, -0.2) is 11.7 Å². The third-order valence-electron chi connectivity index (χ3n) is 2.88. The van der Waals surface area contributed by atoms with Gasteiger partial charge < -0.3 is 10.4 Å². The second-order valence-corrected chi connectivity index (χ2v) is 5.71. The first kappa shape index (κ1) is 14.4. The van der Waals surface area contributed by atoms with Crippen molar-refractivity contribution in [2.45, 2.75) is 13.0 Å². The summed E-state index contributed by atoms with van der Waals surface area (Å²) in [5.74, 6) is 0. The minimum atomic E-state index is -0.199. The van der Waals surface area contributed by atoms with Crippen molar-refractivity contribution in [3.63, 3.8) is 0 Å². The maximum absolute atomic E-state index is 9.60. The zero-order valence-corrected chi connectivity index (χ0v) is 12.9. The van der Waals surface area contributed by atoms with Crippen LogP contribution in [0.25, 0.3) is 0 Å². The molecule has 0 aromatic heterocycles. The maximum Gasteiger partial charge on any atom is 0.0756 e. The summed E-state index contributed by atoms with van der Waals surface area (Å²) in [6, 6.07) is 13.4. The summed E-state index contributed by atoms with van der Waals surface area (Å²) in [6.45, 7) is 2.03. The van der Waals surface area contributed by atoms with Crippen molar-refractivity contribution in [3.05, 3.63) is 63.1 Å². The Balaban J connectivity index is 2.27. The van der Waals surface area contributed by atoms with Gasteiger partial charge in [-0.1, -0.05) is 39.7 Å². The van der Waals surface area contributed by atoms with Crippen molar-refractivity contribution in [1.29, 1.82) is 0 Å². The molecule has 0 aliphatic rings. The predicted molar refractivity (Wildman–Crippen MR) is 83.8 cm³/mol. The average molecular weight is 341 g/mol. The molecule has 0 bridgehead atoms. The number of halogens is 2. The first-order valence-corrected chi connectivity index (χ1v) is 7.16. The van der Waals surface area contributed by atoms with E-state index >= 15 is 0 Å². The lowest BCUT2D eigenvalue weighted by atomic mass is 10.1. The van der Waals surface area contributed by atoms with Crippen molar-refractivity contribution in [1.82, 2.24) is 0 Å². The van der Waals surface area contributed by atoms with E-state index in [0.29, 0.717) is 5.02 Å². The molecule has 0 saturated carbocycles. The summed E-state index contributed by atoms with van der Waals surface area (Å²) in [5.41, 5.74) is 3.09. The second-order valence-electron chi connectivity index (χ2n) is 4.41. The van der Waals surface area contributed by atoms with Crippen LogP contribution in [0, 0.1) is 6.92 Å². The van der Waals surface area contributed by atoms with Crippen LogP contribution < -0.4 is 5.32 Å². The molecule has 2 rings (SSSR count). The first-order chi connectivity index (χ1) is 9.10. The lowest BCUT2D eigenvalue weighted by Crippen LogP contribution is -2.15. The van der Waals surface area contributed by atoms with Crippen molar-refractivity contribution >= 4 is 33.2 Å². The summed E-state index contributed by atoms with van der Waals surface area (Å²) >= 11 is 9.51. The van der Waals surface area contributed by atoms with E-state index in [0.717, 1.165) is 15.7 Å². The molecular formula is C15H15BrClNO. The third kappa shape index (κ3) is 3.72. The minimum Gasteiger partial charge on any atom is -0.394 e. The van der Waals surface area contributed by atoms with Crippen molar-refractivity contribution in [2.75, 3.05) is 11.9 Å². The van der Waals surface area contributed by atoms with Gasteiger partial charge in [-0.15, -0.1) is 0 Å². The number of rotatable bonds is 4. The molecule has 4 heteroatoms. The fraction of sp³-hybridized carbons (Fsp3) is 0.200. The Morgan fingerprint density at radius 2 is 2.05 bits per heavy atom. The molecule has 2 N–H and O–H groups in total. The Kier molecular flexibility index (Phi) is 4.86. The van der Waals surface area contributed by atoms with E-state index in [9.17, 15) is 5.11 Å². The van der Waals surface area contributed by atoms with E-state index in [1.807, 2.05) is 49.4 Å². The SMILES string of the molecule is Cc1cccc(NC(CO)c2cc(Cl)ccc2Br)c1. The number of benzene rings is 2. The van der Waals surface area contributed by atoms with Crippen LogP contribution in [0.4, 0.5) is 5.69 Å². The number of hydrogen-bond acceptors (Lipinski definition) is 2. The van der Waals surface area contributed by atoms with Crippen LogP contribution >= 0.6 is 27.5 Å². The number of anilines is 1. The Morgan fingerprint density at radius 3 is 2.74 bits per heavy atom. The largest absolute Gasteiger partial charge is 0.394 e. The quantitative estimate of drug-likeness (QED) is 0.855. The highest BCUT2D eigenvalue weighted by molar-refractivity contribution is 9.10. The van der Waals surface area contributed by atoms with Crippen LogP contribution in [0.1, 0.15) is 17.2 Å². The second kappa shape index (κ2) is 6.42. The summed E-state index contributed by atoms with van der Waals surface area (Å²) in [4.78, 5) is 0. The van der Waals surface area contributed by atoms with Gasteiger partial charge in [0, 0.05) is 15.2 Å². The third-order valence-corrected chi connectivity index (χ3v) is 3.83. The van der Waals surface area contributed by atoms with Crippen LogP contribution in [0.5, 0.6) is 0 Å². The van der Waals surface area contributed by atoms with Crippen LogP contribution in [0.2, 0.25) is 5.02 Å². The number of aliphatic hydroxyl groups excluding tert-OH is 1. The highest BCUT2D eigenvalue weighted by atomic mass is 79.9. The lowest BCUT2D eigenvalue weighted by molar-refractivity contribution is 0.276. The molecule has 0 spiro atoms. The van der Waals surface area contributed by atoms with Gasteiger partial charge in [0.25, 0.3) is 0 Å². The Hall–Kier alpha value is -1.03. The molecule has 0 aliphatic carbocycles. The number of aryl methyl sites for hydroxylation is 1. The molecule has 2 aromatic carbocycles. The molecule has 0 radical (unpaired) electrons. The molecule has 2 nitrogen and oxygen atoms in total. The average Bonchev–Trinajstić information content (AvgIpc) is 2.39. The van der Waals surface area contributed by atoms with E-state index in [1.54, 1.807) is 0 Å². The van der Waals surface area contributed by atoms with Gasteiger partial charge in [0.1, 0.15) is 0 Å². The van der Waals surface area contributed by atoms with E-state index < -0.39 is 0 Å². The standard InChI is InChI=1S/C15H15BrClNO/c1-10-3-2-4-12(7-10)18-15(9-19)13-8-11(17)5-6-14(13)16/h2-8,15,18-19H,9H2,1H3.